The number of hydrogen-bond donors (Lipinski definition) is 0. The number of aryl methyl sites for hydroxylation is 1. The maximum atomic E-state index is 13.2. The van der Waals surface area contributed by atoms with Crippen LogP contribution in [0.5, 0.6) is 0 Å². The smallest absolute Gasteiger partial charge is 0.137 e. The lowest BCUT2D eigenvalue weighted by Crippen LogP contribution is -2.25. The van der Waals surface area contributed by atoms with E-state index in [0.29, 0.717) is 0 Å². The summed E-state index contributed by atoms with van der Waals surface area (Å²) >= 11 is 0. The Bertz CT molecular complexity index is 292. The largest absolute Gasteiger partial charge is 0.341 e. The van der Waals surface area contributed by atoms with Gasteiger partial charge < -0.3 is 4.57 Å². The van der Waals surface area contributed by atoms with Crippen LogP contribution in [-0.2, 0) is 5.54 Å². The van der Waals surface area contributed by atoms with E-state index in [-0.39, 0.29) is 5.54 Å². The Hall–Kier alpha value is -0.790. The Balaban J connectivity index is 3.25. The van der Waals surface area contributed by atoms with Crippen LogP contribution in [0.3, 0.4) is 0 Å². The van der Waals surface area contributed by atoms with Gasteiger partial charge in [0, 0.05) is 11.2 Å². The van der Waals surface area contributed by atoms with Gasteiger partial charge in [-0.3, -0.25) is 0 Å². The molecule has 1 atom stereocenters. The second-order valence-electron chi connectivity index (χ2n) is 4.52. The molecule has 1 aromatic heterocycles. The van der Waals surface area contributed by atoms with E-state index in [2.05, 4.69) is 25.3 Å². The van der Waals surface area contributed by atoms with E-state index in [9.17, 15) is 4.39 Å². The molecule has 0 aliphatic heterocycles. The molecular formula is C11H18FN. The highest BCUT2D eigenvalue weighted by molar-refractivity contribution is 5.19. The molecule has 13 heavy (non-hydrogen) atoms. The Kier molecular flexibility index (Phi) is 2.51. The third-order valence-electron chi connectivity index (χ3n) is 2.18. The monoisotopic (exact) mass is 183 g/mol. The molecule has 1 heterocycles. The minimum atomic E-state index is -0.895. The van der Waals surface area contributed by atoms with Crippen LogP contribution >= 0.6 is 0 Å². The number of rotatable bonds is 1. The van der Waals surface area contributed by atoms with Crippen LogP contribution in [0.4, 0.5) is 4.39 Å². The molecule has 0 aromatic carbocycles. The second-order valence-corrected chi connectivity index (χ2v) is 4.52. The average Bonchev–Trinajstić information content (AvgIpc) is 2.28. The molecule has 74 valence electrons. The van der Waals surface area contributed by atoms with Gasteiger partial charge in [-0.2, -0.15) is 0 Å². The first-order chi connectivity index (χ1) is 5.84. The van der Waals surface area contributed by atoms with Gasteiger partial charge >= 0.3 is 0 Å². The highest BCUT2D eigenvalue weighted by atomic mass is 19.1. The normalized spacial score (nSPS) is 14.6. The van der Waals surface area contributed by atoms with Gasteiger partial charge in [0.05, 0.1) is 5.69 Å². The summed E-state index contributed by atoms with van der Waals surface area (Å²) in [5, 5.41) is 0. The standard InChI is InChI=1S/C11H18FN/c1-8-6-7-10(9(2)12)13(8)11(3,4)5/h6-7,9H,1-5H3. The van der Waals surface area contributed by atoms with Crippen molar-refractivity contribution in [2.24, 2.45) is 0 Å². The van der Waals surface area contributed by atoms with Gasteiger partial charge in [-0.1, -0.05) is 0 Å². The van der Waals surface area contributed by atoms with Crippen LogP contribution in [0.25, 0.3) is 0 Å². The molecule has 0 N–H and O–H groups in total. The van der Waals surface area contributed by atoms with Gasteiger partial charge in [-0.05, 0) is 46.8 Å². The highest BCUT2D eigenvalue weighted by Gasteiger charge is 2.20. The van der Waals surface area contributed by atoms with Gasteiger partial charge in [0.1, 0.15) is 6.17 Å². The summed E-state index contributed by atoms with van der Waals surface area (Å²) < 4.78 is 15.3. The Labute approximate surface area is 79.6 Å². The van der Waals surface area contributed by atoms with E-state index in [1.165, 1.54) is 0 Å². The third kappa shape index (κ3) is 1.93. The first kappa shape index (κ1) is 10.3. The molecule has 0 spiro atoms. The highest BCUT2D eigenvalue weighted by Crippen LogP contribution is 2.26. The van der Waals surface area contributed by atoms with Crippen molar-refractivity contribution < 1.29 is 4.39 Å². The minimum absolute atomic E-state index is 0.0384. The molecule has 1 unspecified atom stereocenters. The van der Waals surface area contributed by atoms with Gasteiger partial charge in [-0.25, -0.2) is 4.39 Å². The first-order valence-corrected chi connectivity index (χ1v) is 4.67. The fourth-order valence-electron chi connectivity index (χ4n) is 1.79. The number of hydrogen-bond acceptors (Lipinski definition) is 0. The SMILES string of the molecule is Cc1ccc(C(C)F)n1C(C)(C)C. The Morgan fingerprint density at radius 1 is 1.31 bits per heavy atom. The lowest BCUT2D eigenvalue weighted by molar-refractivity contribution is 0.308. The van der Waals surface area contributed by atoms with Crippen molar-refractivity contribution in [2.75, 3.05) is 0 Å². The summed E-state index contributed by atoms with van der Waals surface area (Å²) in [4.78, 5) is 0. The van der Waals surface area contributed by atoms with Crippen LogP contribution in [-0.4, -0.2) is 4.57 Å². The lowest BCUT2D eigenvalue weighted by atomic mass is 10.1. The number of alkyl halides is 1. The molecule has 0 bridgehead atoms. The van der Waals surface area contributed by atoms with Crippen molar-refractivity contribution >= 4 is 0 Å². The predicted octanol–water partition coefficient (Wildman–Crippen LogP) is 3.58. The zero-order valence-corrected chi connectivity index (χ0v) is 9.06. The molecule has 0 saturated heterocycles. The van der Waals surface area contributed by atoms with Gasteiger partial charge in [-0.15, -0.1) is 0 Å². The van der Waals surface area contributed by atoms with Crippen LogP contribution in [0.15, 0.2) is 12.1 Å². The average molecular weight is 183 g/mol. The maximum absolute atomic E-state index is 13.2. The molecule has 0 fully saturated rings. The first-order valence-electron chi connectivity index (χ1n) is 4.67. The fraction of sp³-hybridized carbons (Fsp3) is 0.636. The van der Waals surface area contributed by atoms with E-state index in [1.807, 2.05) is 19.1 Å². The molecular weight excluding hydrogens is 165 g/mol. The maximum Gasteiger partial charge on any atom is 0.137 e. The lowest BCUT2D eigenvalue weighted by Gasteiger charge is -2.27. The number of halogens is 1. The van der Waals surface area contributed by atoms with Crippen molar-refractivity contribution in [3.8, 4) is 0 Å². The van der Waals surface area contributed by atoms with E-state index in [0.717, 1.165) is 11.4 Å². The molecule has 0 amide bonds. The van der Waals surface area contributed by atoms with Crippen molar-refractivity contribution in [3.63, 3.8) is 0 Å². The summed E-state index contributed by atoms with van der Waals surface area (Å²) in [5.41, 5.74) is 1.85. The van der Waals surface area contributed by atoms with Crippen molar-refractivity contribution in [1.82, 2.24) is 4.57 Å². The predicted molar refractivity (Wildman–Crippen MR) is 53.7 cm³/mol. The fourth-order valence-corrected chi connectivity index (χ4v) is 1.79. The van der Waals surface area contributed by atoms with E-state index in [1.54, 1.807) is 6.92 Å². The van der Waals surface area contributed by atoms with Crippen molar-refractivity contribution in [3.05, 3.63) is 23.5 Å². The molecule has 0 aliphatic rings. The minimum Gasteiger partial charge on any atom is -0.341 e. The zero-order chi connectivity index (χ0) is 10.2. The van der Waals surface area contributed by atoms with E-state index >= 15 is 0 Å². The van der Waals surface area contributed by atoms with Crippen molar-refractivity contribution in [1.29, 1.82) is 0 Å². The van der Waals surface area contributed by atoms with Crippen molar-refractivity contribution in [2.45, 2.75) is 46.3 Å². The molecule has 2 heteroatoms. The summed E-state index contributed by atoms with van der Waals surface area (Å²) in [6.07, 6.45) is -0.895. The molecule has 1 rings (SSSR count). The molecule has 1 nitrogen and oxygen atoms in total. The summed E-state index contributed by atoms with van der Waals surface area (Å²) in [7, 11) is 0. The molecule has 1 aromatic rings. The van der Waals surface area contributed by atoms with Gasteiger partial charge in [0.15, 0.2) is 0 Å². The summed E-state index contributed by atoms with van der Waals surface area (Å²) in [6.45, 7) is 9.86. The van der Waals surface area contributed by atoms with Crippen LogP contribution < -0.4 is 0 Å². The Morgan fingerprint density at radius 3 is 2.15 bits per heavy atom. The van der Waals surface area contributed by atoms with E-state index in [4.69, 9.17) is 0 Å². The summed E-state index contributed by atoms with van der Waals surface area (Å²) in [6, 6.07) is 3.84. The molecule has 0 radical (unpaired) electrons. The van der Waals surface area contributed by atoms with Gasteiger partial charge in [0.2, 0.25) is 0 Å². The number of aromatic nitrogens is 1. The molecule has 0 aliphatic carbocycles. The third-order valence-corrected chi connectivity index (χ3v) is 2.18. The van der Waals surface area contributed by atoms with Gasteiger partial charge in [0.25, 0.3) is 0 Å². The second kappa shape index (κ2) is 3.17. The zero-order valence-electron chi connectivity index (χ0n) is 9.06. The van der Waals surface area contributed by atoms with E-state index < -0.39 is 6.17 Å². The number of nitrogens with zero attached hydrogens (tertiary/aromatic N) is 1. The van der Waals surface area contributed by atoms with Crippen LogP contribution in [0.2, 0.25) is 0 Å². The van der Waals surface area contributed by atoms with Crippen LogP contribution in [0.1, 0.15) is 45.3 Å². The van der Waals surface area contributed by atoms with Crippen LogP contribution in [0, 0.1) is 6.92 Å². The Morgan fingerprint density at radius 2 is 1.85 bits per heavy atom. The summed E-state index contributed by atoms with van der Waals surface area (Å²) in [5.74, 6) is 0. The molecule has 0 saturated carbocycles. The topological polar surface area (TPSA) is 4.93 Å². The quantitative estimate of drug-likeness (QED) is 0.627.